The summed E-state index contributed by atoms with van der Waals surface area (Å²) in [6, 6.07) is 14.6. The second-order valence-electron chi connectivity index (χ2n) is 5.56. The van der Waals surface area contributed by atoms with E-state index in [9.17, 15) is 9.59 Å². The monoisotopic (exact) mass is 338 g/mol. The van der Waals surface area contributed by atoms with E-state index in [1.165, 1.54) is 11.6 Å². The summed E-state index contributed by atoms with van der Waals surface area (Å²) in [5, 5.41) is 5.50. The van der Waals surface area contributed by atoms with Crippen LogP contribution in [0, 0.1) is 6.92 Å². The number of hydrogen-bond donors (Lipinski definition) is 2. The van der Waals surface area contributed by atoms with Crippen molar-refractivity contribution in [1.29, 1.82) is 0 Å². The van der Waals surface area contributed by atoms with Gasteiger partial charge in [0.2, 0.25) is 5.91 Å². The number of ether oxygens (including phenoxy) is 1. The number of rotatable bonds is 7. The second-order valence-corrected chi connectivity index (χ2v) is 5.56. The molecule has 0 aliphatic carbocycles. The zero-order valence-electron chi connectivity index (χ0n) is 14.4. The molecule has 0 spiro atoms. The maximum Gasteiger partial charge on any atom is 0.251 e. The molecule has 0 saturated heterocycles. The molecule has 25 heavy (non-hydrogen) atoms. The summed E-state index contributed by atoms with van der Waals surface area (Å²) in [7, 11) is 1.58. The van der Waals surface area contributed by atoms with Gasteiger partial charge in [-0.15, -0.1) is 0 Å². The highest BCUT2D eigenvalue weighted by atomic mass is 16.5. The first-order valence-corrected chi connectivity index (χ1v) is 8.01. The summed E-state index contributed by atoms with van der Waals surface area (Å²) in [6.07, 6.45) is 3.24. The van der Waals surface area contributed by atoms with Gasteiger partial charge in [0, 0.05) is 31.0 Å². The molecule has 0 heterocycles. The van der Waals surface area contributed by atoms with Crippen LogP contribution in [0.1, 0.15) is 21.5 Å². The fourth-order valence-corrected chi connectivity index (χ4v) is 2.11. The zero-order valence-corrected chi connectivity index (χ0v) is 14.4. The highest BCUT2D eigenvalue weighted by molar-refractivity contribution is 6.02. The van der Waals surface area contributed by atoms with E-state index in [0.717, 1.165) is 5.56 Å². The van der Waals surface area contributed by atoms with Crippen LogP contribution in [-0.2, 0) is 9.53 Å². The molecule has 0 aromatic heterocycles. The molecule has 2 amide bonds. The third kappa shape index (κ3) is 6.24. The van der Waals surface area contributed by atoms with Gasteiger partial charge in [-0.3, -0.25) is 9.59 Å². The summed E-state index contributed by atoms with van der Waals surface area (Å²) in [6.45, 7) is 2.94. The van der Waals surface area contributed by atoms with Crippen molar-refractivity contribution in [2.75, 3.05) is 25.6 Å². The Balaban J connectivity index is 1.88. The summed E-state index contributed by atoms with van der Waals surface area (Å²) < 4.78 is 4.88. The summed E-state index contributed by atoms with van der Waals surface area (Å²) >= 11 is 0. The number of benzene rings is 2. The minimum absolute atomic E-state index is 0.172. The summed E-state index contributed by atoms with van der Waals surface area (Å²) in [5.74, 6) is -0.396. The van der Waals surface area contributed by atoms with E-state index >= 15 is 0 Å². The Morgan fingerprint density at radius 1 is 1.04 bits per heavy atom. The fraction of sp³-hybridized carbons (Fsp3) is 0.200. The van der Waals surface area contributed by atoms with E-state index in [1.54, 1.807) is 37.5 Å². The highest BCUT2D eigenvalue weighted by Gasteiger charge is 2.05. The van der Waals surface area contributed by atoms with Crippen molar-refractivity contribution >= 4 is 23.6 Å². The van der Waals surface area contributed by atoms with Crippen LogP contribution in [0.2, 0.25) is 0 Å². The Morgan fingerprint density at radius 2 is 1.72 bits per heavy atom. The largest absolute Gasteiger partial charge is 0.383 e. The minimum Gasteiger partial charge on any atom is -0.383 e. The highest BCUT2D eigenvalue weighted by Crippen LogP contribution is 2.10. The van der Waals surface area contributed by atoms with Gasteiger partial charge < -0.3 is 15.4 Å². The van der Waals surface area contributed by atoms with Gasteiger partial charge >= 0.3 is 0 Å². The SMILES string of the molecule is COCCNC(=O)c1ccc(NC(=O)/C=C/c2ccc(C)cc2)cc1. The number of aryl methyl sites for hydroxylation is 1. The molecule has 2 aromatic rings. The standard InChI is InChI=1S/C20H22N2O3/c1-15-3-5-16(6-4-15)7-12-19(23)22-18-10-8-17(9-11-18)20(24)21-13-14-25-2/h3-12H,13-14H2,1-2H3,(H,21,24)(H,22,23)/b12-7+. The Hall–Kier alpha value is -2.92. The van der Waals surface area contributed by atoms with Gasteiger partial charge in [0.1, 0.15) is 0 Å². The predicted octanol–water partition coefficient (Wildman–Crippen LogP) is 3.02. The van der Waals surface area contributed by atoms with Gasteiger partial charge in [0.25, 0.3) is 5.91 Å². The molecule has 0 aliphatic rings. The average Bonchev–Trinajstić information content (AvgIpc) is 2.62. The number of amides is 2. The van der Waals surface area contributed by atoms with Crippen molar-refractivity contribution in [2.45, 2.75) is 6.92 Å². The van der Waals surface area contributed by atoms with E-state index in [0.29, 0.717) is 24.4 Å². The lowest BCUT2D eigenvalue weighted by Gasteiger charge is -2.06. The van der Waals surface area contributed by atoms with Crippen LogP contribution in [0.15, 0.2) is 54.6 Å². The van der Waals surface area contributed by atoms with Crippen molar-refractivity contribution in [3.8, 4) is 0 Å². The third-order valence-electron chi connectivity index (χ3n) is 3.51. The molecule has 0 saturated carbocycles. The van der Waals surface area contributed by atoms with E-state index < -0.39 is 0 Å². The van der Waals surface area contributed by atoms with Crippen LogP contribution in [0.3, 0.4) is 0 Å². The topological polar surface area (TPSA) is 67.4 Å². The molecule has 0 bridgehead atoms. The van der Waals surface area contributed by atoms with Crippen LogP contribution in [0.25, 0.3) is 6.08 Å². The Bertz CT molecular complexity index is 735. The first kappa shape index (κ1) is 18.4. The quantitative estimate of drug-likeness (QED) is 0.602. The Labute approximate surface area is 147 Å². The fourth-order valence-electron chi connectivity index (χ4n) is 2.11. The first-order chi connectivity index (χ1) is 12.1. The van der Waals surface area contributed by atoms with Gasteiger partial charge in [0.05, 0.1) is 6.61 Å². The van der Waals surface area contributed by atoms with Crippen molar-refractivity contribution in [2.24, 2.45) is 0 Å². The van der Waals surface area contributed by atoms with Crippen molar-refractivity contribution in [3.05, 3.63) is 71.3 Å². The average molecular weight is 338 g/mol. The lowest BCUT2D eigenvalue weighted by Crippen LogP contribution is -2.26. The van der Waals surface area contributed by atoms with Crippen molar-refractivity contribution in [1.82, 2.24) is 5.32 Å². The van der Waals surface area contributed by atoms with Gasteiger partial charge in [-0.2, -0.15) is 0 Å². The molecule has 2 rings (SSSR count). The molecule has 0 unspecified atom stereocenters. The second kappa shape index (κ2) is 9.39. The molecule has 5 heteroatoms. The minimum atomic E-state index is -0.224. The lowest BCUT2D eigenvalue weighted by atomic mass is 10.1. The molecule has 0 aliphatic heterocycles. The molecule has 5 nitrogen and oxygen atoms in total. The number of carbonyl (C=O) groups is 2. The van der Waals surface area contributed by atoms with E-state index in [1.807, 2.05) is 31.2 Å². The number of nitrogens with one attached hydrogen (secondary N) is 2. The van der Waals surface area contributed by atoms with Crippen LogP contribution in [-0.4, -0.2) is 32.1 Å². The number of carbonyl (C=O) groups excluding carboxylic acids is 2. The molecule has 2 aromatic carbocycles. The van der Waals surface area contributed by atoms with Gasteiger partial charge in [-0.1, -0.05) is 29.8 Å². The zero-order chi connectivity index (χ0) is 18.1. The molecule has 130 valence electrons. The Kier molecular flexibility index (Phi) is 6.92. The number of methoxy groups -OCH3 is 1. The number of hydrogen-bond acceptors (Lipinski definition) is 3. The van der Waals surface area contributed by atoms with Crippen LogP contribution >= 0.6 is 0 Å². The van der Waals surface area contributed by atoms with Crippen LogP contribution < -0.4 is 10.6 Å². The maximum atomic E-state index is 12.0. The Morgan fingerprint density at radius 3 is 2.36 bits per heavy atom. The predicted molar refractivity (Wildman–Crippen MR) is 99.5 cm³/mol. The van der Waals surface area contributed by atoms with Crippen molar-refractivity contribution in [3.63, 3.8) is 0 Å². The van der Waals surface area contributed by atoms with Gasteiger partial charge in [-0.05, 0) is 42.8 Å². The molecule has 0 fully saturated rings. The normalized spacial score (nSPS) is 10.6. The molecule has 2 N–H and O–H groups in total. The molecule has 0 radical (unpaired) electrons. The lowest BCUT2D eigenvalue weighted by molar-refractivity contribution is -0.111. The van der Waals surface area contributed by atoms with E-state index in [4.69, 9.17) is 4.74 Å². The summed E-state index contributed by atoms with van der Waals surface area (Å²) in [4.78, 5) is 23.8. The third-order valence-corrected chi connectivity index (χ3v) is 3.51. The number of anilines is 1. The van der Waals surface area contributed by atoms with Crippen LogP contribution in [0.5, 0.6) is 0 Å². The smallest absolute Gasteiger partial charge is 0.251 e. The van der Waals surface area contributed by atoms with Crippen molar-refractivity contribution < 1.29 is 14.3 Å². The molecule has 0 atom stereocenters. The molecular weight excluding hydrogens is 316 g/mol. The van der Waals surface area contributed by atoms with Crippen LogP contribution in [0.4, 0.5) is 5.69 Å². The molecular formula is C20H22N2O3. The van der Waals surface area contributed by atoms with Gasteiger partial charge in [-0.25, -0.2) is 0 Å². The first-order valence-electron chi connectivity index (χ1n) is 8.01. The van der Waals surface area contributed by atoms with E-state index in [-0.39, 0.29) is 11.8 Å². The van der Waals surface area contributed by atoms with Gasteiger partial charge in [0.15, 0.2) is 0 Å². The maximum absolute atomic E-state index is 12.0. The summed E-state index contributed by atoms with van der Waals surface area (Å²) in [5.41, 5.74) is 3.30. The van der Waals surface area contributed by atoms with E-state index in [2.05, 4.69) is 10.6 Å².